The lowest BCUT2D eigenvalue weighted by Gasteiger charge is -2.38. The van der Waals surface area contributed by atoms with Crippen LogP contribution in [0.25, 0.3) is 0 Å². The Morgan fingerprint density at radius 1 is 1.47 bits per heavy atom. The summed E-state index contributed by atoms with van der Waals surface area (Å²) in [6.07, 6.45) is 1.07. The number of piperazine rings is 1. The first-order valence-corrected chi connectivity index (χ1v) is 6.27. The molecule has 0 saturated carbocycles. The van der Waals surface area contributed by atoms with Crippen molar-refractivity contribution >= 4 is 0 Å². The largest absolute Gasteiger partial charge is 0.497 e. The summed E-state index contributed by atoms with van der Waals surface area (Å²) >= 11 is 0. The van der Waals surface area contributed by atoms with Crippen LogP contribution in [-0.2, 0) is 6.42 Å². The predicted octanol–water partition coefficient (Wildman–Crippen LogP) is 1.53. The third-order valence-electron chi connectivity index (χ3n) is 3.65. The van der Waals surface area contributed by atoms with E-state index in [4.69, 9.17) is 4.74 Å². The van der Waals surface area contributed by atoms with Gasteiger partial charge in [0.05, 0.1) is 7.11 Å². The quantitative estimate of drug-likeness (QED) is 0.858. The molecule has 1 heterocycles. The Labute approximate surface area is 104 Å². The number of hydrogen-bond donors (Lipinski definition) is 1. The zero-order valence-electron chi connectivity index (χ0n) is 10.9. The summed E-state index contributed by atoms with van der Waals surface area (Å²) in [7, 11) is 3.93. The summed E-state index contributed by atoms with van der Waals surface area (Å²) in [6, 6.07) is 9.48. The molecule has 1 aliphatic rings. The molecule has 1 aromatic carbocycles. The highest BCUT2D eigenvalue weighted by molar-refractivity contribution is 5.29. The highest BCUT2D eigenvalue weighted by atomic mass is 16.5. The van der Waals surface area contributed by atoms with Crippen molar-refractivity contribution in [3.63, 3.8) is 0 Å². The second-order valence-electron chi connectivity index (χ2n) is 4.85. The van der Waals surface area contributed by atoms with Crippen LogP contribution in [0.15, 0.2) is 24.3 Å². The van der Waals surface area contributed by atoms with Gasteiger partial charge in [0.1, 0.15) is 5.75 Å². The van der Waals surface area contributed by atoms with Crippen LogP contribution in [0.2, 0.25) is 0 Å². The van der Waals surface area contributed by atoms with E-state index in [1.165, 1.54) is 5.56 Å². The summed E-state index contributed by atoms with van der Waals surface area (Å²) in [5.41, 5.74) is 1.34. The molecular weight excluding hydrogens is 212 g/mol. The Morgan fingerprint density at radius 2 is 2.29 bits per heavy atom. The van der Waals surface area contributed by atoms with Crippen molar-refractivity contribution in [3.8, 4) is 5.75 Å². The third kappa shape index (κ3) is 2.99. The molecule has 0 amide bonds. The van der Waals surface area contributed by atoms with E-state index in [0.29, 0.717) is 12.1 Å². The molecule has 3 heteroatoms. The fraction of sp³-hybridized carbons (Fsp3) is 0.571. The number of nitrogens with zero attached hydrogens (tertiary/aromatic N) is 1. The summed E-state index contributed by atoms with van der Waals surface area (Å²) in [5, 5.41) is 3.54. The molecule has 94 valence electrons. The van der Waals surface area contributed by atoms with E-state index in [9.17, 15) is 0 Å². The van der Waals surface area contributed by atoms with Gasteiger partial charge in [0.2, 0.25) is 0 Å². The zero-order valence-corrected chi connectivity index (χ0v) is 10.9. The monoisotopic (exact) mass is 234 g/mol. The number of benzene rings is 1. The first-order valence-electron chi connectivity index (χ1n) is 6.27. The Bertz CT molecular complexity index is 357. The Kier molecular flexibility index (Phi) is 4.02. The van der Waals surface area contributed by atoms with Crippen LogP contribution in [0.4, 0.5) is 0 Å². The molecule has 1 N–H and O–H groups in total. The van der Waals surface area contributed by atoms with Gasteiger partial charge in [-0.25, -0.2) is 0 Å². The van der Waals surface area contributed by atoms with E-state index in [1.807, 2.05) is 6.07 Å². The molecule has 3 nitrogen and oxygen atoms in total. The summed E-state index contributed by atoms with van der Waals surface area (Å²) in [5.74, 6) is 0.946. The topological polar surface area (TPSA) is 24.5 Å². The smallest absolute Gasteiger partial charge is 0.119 e. The summed E-state index contributed by atoms with van der Waals surface area (Å²) in [6.45, 7) is 4.48. The average Bonchev–Trinajstić information content (AvgIpc) is 2.34. The lowest BCUT2D eigenvalue weighted by molar-refractivity contribution is 0.157. The van der Waals surface area contributed by atoms with Crippen molar-refractivity contribution in [1.29, 1.82) is 0 Å². The molecule has 1 aliphatic heterocycles. The second kappa shape index (κ2) is 5.52. The molecular formula is C14H22N2O. The molecule has 1 saturated heterocycles. The molecule has 2 atom stereocenters. The molecule has 0 aromatic heterocycles. The van der Waals surface area contributed by atoms with Gasteiger partial charge in [0, 0.05) is 25.2 Å². The molecule has 17 heavy (non-hydrogen) atoms. The maximum atomic E-state index is 5.27. The molecule has 1 fully saturated rings. The number of ether oxygens (including phenoxy) is 1. The van der Waals surface area contributed by atoms with Crippen LogP contribution < -0.4 is 10.1 Å². The fourth-order valence-corrected chi connectivity index (χ4v) is 2.53. The van der Waals surface area contributed by atoms with Crippen LogP contribution >= 0.6 is 0 Å². The number of methoxy groups -OCH3 is 1. The second-order valence-corrected chi connectivity index (χ2v) is 4.85. The Hall–Kier alpha value is -1.06. The predicted molar refractivity (Wildman–Crippen MR) is 70.6 cm³/mol. The van der Waals surface area contributed by atoms with Crippen molar-refractivity contribution in [1.82, 2.24) is 10.2 Å². The van der Waals surface area contributed by atoms with Gasteiger partial charge in [-0.3, -0.25) is 0 Å². The van der Waals surface area contributed by atoms with Crippen LogP contribution in [0.1, 0.15) is 12.5 Å². The summed E-state index contributed by atoms with van der Waals surface area (Å²) < 4.78 is 5.27. The number of likely N-dealkylation sites (N-methyl/N-ethyl adjacent to an activating group) is 1. The van der Waals surface area contributed by atoms with E-state index < -0.39 is 0 Å². The van der Waals surface area contributed by atoms with E-state index in [2.05, 4.69) is 42.4 Å². The lowest BCUT2D eigenvalue weighted by atomic mass is 9.97. The van der Waals surface area contributed by atoms with Crippen molar-refractivity contribution in [3.05, 3.63) is 29.8 Å². The van der Waals surface area contributed by atoms with Gasteiger partial charge < -0.3 is 15.0 Å². The van der Waals surface area contributed by atoms with Crippen LogP contribution in [-0.4, -0.2) is 44.2 Å². The summed E-state index contributed by atoms with van der Waals surface area (Å²) in [4.78, 5) is 2.45. The van der Waals surface area contributed by atoms with Crippen molar-refractivity contribution in [2.45, 2.75) is 25.4 Å². The zero-order chi connectivity index (χ0) is 12.3. The van der Waals surface area contributed by atoms with Crippen molar-refractivity contribution < 1.29 is 4.74 Å². The minimum atomic E-state index is 0.542. The van der Waals surface area contributed by atoms with Gasteiger partial charge in [0.25, 0.3) is 0 Å². The Balaban J connectivity index is 2.07. The third-order valence-corrected chi connectivity index (χ3v) is 3.65. The van der Waals surface area contributed by atoms with E-state index >= 15 is 0 Å². The molecule has 2 rings (SSSR count). The van der Waals surface area contributed by atoms with Crippen LogP contribution in [0.3, 0.4) is 0 Å². The lowest BCUT2D eigenvalue weighted by Crippen LogP contribution is -2.55. The highest BCUT2D eigenvalue weighted by Crippen LogP contribution is 2.18. The number of hydrogen-bond acceptors (Lipinski definition) is 3. The van der Waals surface area contributed by atoms with E-state index in [1.54, 1.807) is 7.11 Å². The Morgan fingerprint density at radius 3 is 3.00 bits per heavy atom. The molecule has 0 spiro atoms. The van der Waals surface area contributed by atoms with Crippen LogP contribution in [0, 0.1) is 0 Å². The van der Waals surface area contributed by atoms with E-state index in [0.717, 1.165) is 25.3 Å². The standard InChI is InChI=1S/C14H22N2O/c1-11-14(16(2)8-7-15-11)10-12-5-4-6-13(9-12)17-3/h4-6,9,11,14-15H,7-8,10H2,1-3H3. The molecule has 1 aromatic rings. The van der Waals surface area contributed by atoms with Crippen LogP contribution in [0.5, 0.6) is 5.75 Å². The van der Waals surface area contributed by atoms with Gasteiger partial charge in [-0.1, -0.05) is 12.1 Å². The number of rotatable bonds is 3. The van der Waals surface area contributed by atoms with Gasteiger partial charge in [0.15, 0.2) is 0 Å². The molecule has 0 radical (unpaired) electrons. The first kappa shape index (κ1) is 12.4. The SMILES string of the molecule is COc1cccc(CC2C(C)NCCN2C)c1. The fourth-order valence-electron chi connectivity index (χ4n) is 2.53. The highest BCUT2D eigenvalue weighted by Gasteiger charge is 2.25. The van der Waals surface area contributed by atoms with Crippen molar-refractivity contribution in [2.75, 3.05) is 27.2 Å². The van der Waals surface area contributed by atoms with Gasteiger partial charge in [-0.2, -0.15) is 0 Å². The normalized spacial score (nSPS) is 25.8. The number of nitrogens with one attached hydrogen (secondary N) is 1. The maximum Gasteiger partial charge on any atom is 0.119 e. The average molecular weight is 234 g/mol. The molecule has 0 bridgehead atoms. The van der Waals surface area contributed by atoms with Gasteiger partial charge in [-0.05, 0) is 38.1 Å². The minimum absolute atomic E-state index is 0.542. The van der Waals surface area contributed by atoms with Crippen molar-refractivity contribution in [2.24, 2.45) is 0 Å². The van der Waals surface area contributed by atoms with E-state index in [-0.39, 0.29) is 0 Å². The first-order chi connectivity index (χ1) is 8.20. The molecule has 2 unspecified atom stereocenters. The maximum absolute atomic E-state index is 5.27. The van der Waals surface area contributed by atoms with Gasteiger partial charge in [-0.15, -0.1) is 0 Å². The van der Waals surface area contributed by atoms with Gasteiger partial charge >= 0.3 is 0 Å². The minimum Gasteiger partial charge on any atom is -0.497 e. The molecule has 0 aliphatic carbocycles.